The van der Waals surface area contributed by atoms with Gasteiger partial charge in [0.25, 0.3) is 5.69 Å². The van der Waals surface area contributed by atoms with E-state index in [0.717, 1.165) is 20.1 Å². The molecule has 0 aliphatic carbocycles. The fourth-order valence-electron chi connectivity index (χ4n) is 2.52. The smallest absolute Gasteiger partial charge is 0.271 e. The van der Waals surface area contributed by atoms with E-state index in [9.17, 15) is 10.1 Å². The molecular weight excluding hydrogens is 511 g/mol. The van der Waals surface area contributed by atoms with Gasteiger partial charge in [-0.05, 0) is 73.3 Å². The SMILES string of the molecule is O=[N+]([O-])c1cccc(NCc2cc(Br)c(OCc3ccc(Cl)cc3)c(Br)c2)c1. The molecule has 0 aliphatic heterocycles. The highest BCUT2D eigenvalue weighted by Gasteiger charge is 2.10. The molecule has 144 valence electrons. The summed E-state index contributed by atoms with van der Waals surface area (Å²) in [4.78, 5) is 10.5. The highest BCUT2D eigenvalue weighted by molar-refractivity contribution is 9.11. The molecule has 5 nitrogen and oxygen atoms in total. The van der Waals surface area contributed by atoms with Crippen LogP contribution in [-0.4, -0.2) is 4.92 Å². The van der Waals surface area contributed by atoms with Gasteiger partial charge in [-0.25, -0.2) is 0 Å². The first kappa shape index (κ1) is 20.6. The summed E-state index contributed by atoms with van der Waals surface area (Å²) >= 11 is 13.0. The number of nitrogens with zero attached hydrogens (tertiary/aromatic N) is 1. The molecule has 0 saturated heterocycles. The predicted octanol–water partition coefficient (Wildman–Crippen LogP) is 6.96. The Morgan fingerprint density at radius 1 is 1.00 bits per heavy atom. The number of nitro benzene ring substituents is 1. The predicted molar refractivity (Wildman–Crippen MR) is 118 cm³/mol. The van der Waals surface area contributed by atoms with Gasteiger partial charge < -0.3 is 10.1 Å². The number of anilines is 1. The first-order valence-corrected chi connectivity index (χ1v) is 10.2. The third kappa shape index (κ3) is 5.47. The van der Waals surface area contributed by atoms with Crippen LogP contribution in [-0.2, 0) is 13.2 Å². The van der Waals surface area contributed by atoms with E-state index in [1.54, 1.807) is 12.1 Å². The van der Waals surface area contributed by atoms with E-state index < -0.39 is 4.92 Å². The Kier molecular flexibility index (Phi) is 6.93. The lowest BCUT2D eigenvalue weighted by atomic mass is 10.2. The van der Waals surface area contributed by atoms with Gasteiger partial charge in [-0.2, -0.15) is 0 Å². The summed E-state index contributed by atoms with van der Waals surface area (Å²) in [5, 5.41) is 14.8. The molecule has 0 spiro atoms. The zero-order valence-corrected chi connectivity index (χ0v) is 18.4. The van der Waals surface area contributed by atoms with Crippen LogP contribution in [0.3, 0.4) is 0 Å². The molecule has 0 unspecified atom stereocenters. The maximum absolute atomic E-state index is 10.9. The van der Waals surface area contributed by atoms with E-state index in [-0.39, 0.29) is 5.69 Å². The molecule has 0 fully saturated rings. The molecule has 3 aromatic carbocycles. The zero-order valence-electron chi connectivity index (χ0n) is 14.5. The van der Waals surface area contributed by atoms with Gasteiger partial charge in [0.15, 0.2) is 0 Å². The van der Waals surface area contributed by atoms with Crippen LogP contribution in [0.1, 0.15) is 11.1 Å². The van der Waals surface area contributed by atoms with Crippen molar-refractivity contribution < 1.29 is 9.66 Å². The summed E-state index contributed by atoms with van der Waals surface area (Å²) in [5.74, 6) is 0.703. The molecule has 1 N–H and O–H groups in total. The van der Waals surface area contributed by atoms with E-state index in [1.807, 2.05) is 36.4 Å². The molecule has 0 atom stereocenters. The van der Waals surface area contributed by atoms with Crippen molar-refractivity contribution in [2.45, 2.75) is 13.2 Å². The van der Waals surface area contributed by atoms with Crippen molar-refractivity contribution in [3.8, 4) is 5.75 Å². The number of nitrogens with one attached hydrogen (secondary N) is 1. The quantitative estimate of drug-likeness (QED) is 0.267. The summed E-state index contributed by atoms with van der Waals surface area (Å²) < 4.78 is 7.54. The molecular formula is C20H15Br2ClN2O3. The highest BCUT2D eigenvalue weighted by Crippen LogP contribution is 2.35. The van der Waals surface area contributed by atoms with Crippen LogP contribution < -0.4 is 10.1 Å². The lowest BCUT2D eigenvalue weighted by Crippen LogP contribution is -2.02. The second-order valence-corrected chi connectivity index (χ2v) is 8.11. The van der Waals surface area contributed by atoms with Crippen LogP contribution >= 0.6 is 43.5 Å². The van der Waals surface area contributed by atoms with E-state index >= 15 is 0 Å². The van der Waals surface area contributed by atoms with E-state index in [0.29, 0.717) is 29.6 Å². The van der Waals surface area contributed by atoms with Crippen LogP contribution in [0, 0.1) is 10.1 Å². The maximum atomic E-state index is 10.9. The van der Waals surface area contributed by atoms with Crippen LogP contribution in [0.2, 0.25) is 5.02 Å². The van der Waals surface area contributed by atoms with Crippen LogP contribution in [0.25, 0.3) is 0 Å². The summed E-state index contributed by atoms with van der Waals surface area (Å²) in [6.45, 7) is 0.926. The van der Waals surface area contributed by atoms with Gasteiger partial charge in [-0.15, -0.1) is 0 Å². The molecule has 0 amide bonds. The van der Waals surface area contributed by atoms with Crippen molar-refractivity contribution in [1.29, 1.82) is 0 Å². The summed E-state index contributed by atoms with van der Waals surface area (Å²) in [6.07, 6.45) is 0. The van der Waals surface area contributed by atoms with Gasteiger partial charge in [-0.3, -0.25) is 10.1 Å². The third-order valence-corrected chi connectivity index (χ3v) is 5.34. The van der Waals surface area contributed by atoms with Gasteiger partial charge >= 0.3 is 0 Å². The number of rotatable bonds is 7. The number of benzene rings is 3. The lowest BCUT2D eigenvalue weighted by Gasteiger charge is -2.13. The number of halogens is 3. The molecule has 3 rings (SSSR count). The van der Waals surface area contributed by atoms with Crippen molar-refractivity contribution in [2.75, 3.05) is 5.32 Å². The average molecular weight is 527 g/mol. The van der Waals surface area contributed by atoms with Crippen LogP contribution in [0.4, 0.5) is 11.4 Å². The minimum absolute atomic E-state index is 0.0540. The van der Waals surface area contributed by atoms with Gasteiger partial charge in [-0.1, -0.05) is 29.8 Å². The Morgan fingerprint density at radius 2 is 1.68 bits per heavy atom. The maximum Gasteiger partial charge on any atom is 0.271 e. The lowest BCUT2D eigenvalue weighted by molar-refractivity contribution is -0.384. The first-order valence-electron chi connectivity index (χ1n) is 8.26. The third-order valence-electron chi connectivity index (χ3n) is 3.91. The van der Waals surface area contributed by atoms with Crippen molar-refractivity contribution >= 4 is 54.8 Å². The first-order chi connectivity index (χ1) is 13.4. The standard InChI is InChI=1S/C20H15Br2ClN2O3/c21-18-8-14(11-24-16-2-1-3-17(10-16)25(26)27)9-19(22)20(18)28-12-13-4-6-15(23)7-5-13/h1-10,24H,11-12H2. The van der Waals surface area contributed by atoms with Crippen LogP contribution in [0.5, 0.6) is 5.75 Å². The Labute approximate surface area is 184 Å². The molecule has 3 aromatic rings. The Balaban J connectivity index is 1.66. The Bertz CT molecular complexity index is 974. The second kappa shape index (κ2) is 9.41. The Morgan fingerprint density at radius 3 is 2.32 bits per heavy atom. The molecule has 28 heavy (non-hydrogen) atoms. The summed E-state index contributed by atoms with van der Waals surface area (Å²) in [6, 6.07) is 17.8. The number of hydrogen-bond acceptors (Lipinski definition) is 4. The van der Waals surface area contributed by atoms with E-state index in [2.05, 4.69) is 37.2 Å². The van der Waals surface area contributed by atoms with E-state index in [4.69, 9.17) is 16.3 Å². The monoisotopic (exact) mass is 524 g/mol. The largest absolute Gasteiger partial charge is 0.487 e. The van der Waals surface area contributed by atoms with Gasteiger partial charge in [0.1, 0.15) is 12.4 Å². The van der Waals surface area contributed by atoms with Crippen molar-refractivity contribution in [1.82, 2.24) is 0 Å². The fraction of sp³-hybridized carbons (Fsp3) is 0.100. The normalized spacial score (nSPS) is 10.5. The van der Waals surface area contributed by atoms with Crippen molar-refractivity contribution in [3.63, 3.8) is 0 Å². The fourth-order valence-corrected chi connectivity index (χ4v) is 4.16. The summed E-state index contributed by atoms with van der Waals surface area (Å²) in [7, 11) is 0. The molecule has 0 radical (unpaired) electrons. The number of ether oxygens (including phenoxy) is 1. The molecule has 0 aliphatic rings. The molecule has 0 heterocycles. The van der Waals surface area contributed by atoms with Crippen molar-refractivity contribution in [3.05, 3.63) is 95.9 Å². The minimum Gasteiger partial charge on any atom is -0.487 e. The Hall–Kier alpha value is -2.09. The van der Waals surface area contributed by atoms with Gasteiger partial charge in [0.05, 0.1) is 13.9 Å². The van der Waals surface area contributed by atoms with Gasteiger partial charge in [0.2, 0.25) is 0 Å². The highest BCUT2D eigenvalue weighted by atomic mass is 79.9. The average Bonchev–Trinajstić information content (AvgIpc) is 2.67. The van der Waals surface area contributed by atoms with Gasteiger partial charge in [0, 0.05) is 29.4 Å². The molecule has 8 heteroatoms. The topological polar surface area (TPSA) is 64.4 Å². The van der Waals surface area contributed by atoms with Crippen molar-refractivity contribution in [2.24, 2.45) is 0 Å². The minimum atomic E-state index is -0.412. The molecule has 0 aromatic heterocycles. The molecule has 0 bridgehead atoms. The van der Waals surface area contributed by atoms with Crippen LogP contribution in [0.15, 0.2) is 69.6 Å². The number of hydrogen-bond donors (Lipinski definition) is 1. The molecule has 0 saturated carbocycles. The number of non-ortho nitro benzene ring substituents is 1. The zero-order chi connectivity index (χ0) is 20.1. The second-order valence-electron chi connectivity index (χ2n) is 5.96. The van der Waals surface area contributed by atoms with E-state index in [1.165, 1.54) is 12.1 Å². The number of nitro groups is 1. The summed E-state index contributed by atoms with van der Waals surface area (Å²) in [5.41, 5.74) is 2.74.